The monoisotopic (exact) mass is 183 g/mol. The first-order chi connectivity index (χ1) is 6.07. The van der Waals surface area contributed by atoms with Gasteiger partial charge in [-0.25, -0.2) is 9.55 Å². The summed E-state index contributed by atoms with van der Waals surface area (Å²) in [5, 5.41) is 10.5. The van der Waals surface area contributed by atoms with Gasteiger partial charge in [-0.1, -0.05) is 13.8 Å². The molecule has 0 fully saturated rings. The first kappa shape index (κ1) is 9.70. The highest BCUT2D eigenvalue weighted by Crippen LogP contribution is 2.20. The van der Waals surface area contributed by atoms with E-state index in [9.17, 15) is 10.1 Å². The minimum atomic E-state index is -0.418. The van der Waals surface area contributed by atoms with Crippen molar-refractivity contribution in [2.45, 2.75) is 26.2 Å². The molecule has 0 spiro atoms. The van der Waals surface area contributed by atoms with Crippen LogP contribution < -0.4 is 0 Å². The number of imidazole rings is 1. The van der Waals surface area contributed by atoms with Gasteiger partial charge in [0, 0.05) is 5.92 Å². The Morgan fingerprint density at radius 1 is 1.77 bits per heavy atom. The lowest BCUT2D eigenvalue weighted by Gasteiger charge is -2.03. The first-order valence-corrected chi connectivity index (χ1v) is 4.24. The Labute approximate surface area is 76.5 Å². The Hall–Kier alpha value is -1.39. The Morgan fingerprint density at radius 3 is 2.77 bits per heavy atom. The molecule has 0 aliphatic rings. The lowest BCUT2D eigenvalue weighted by atomic mass is 10.1. The summed E-state index contributed by atoms with van der Waals surface area (Å²) >= 11 is 0. The van der Waals surface area contributed by atoms with E-state index in [0.29, 0.717) is 0 Å². The molecule has 1 aromatic rings. The zero-order chi connectivity index (χ0) is 10.0. The standard InChI is InChI=1S/C8H13N3O2/c1-4-6(2)8-9-5-7(10(8)3)11(12)13/h5-6H,4H2,1-3H3. The Bertz CT molecular complexity index is 319. The Morgan fingerprint density at radius 2 is 2.38 bits per heavy atom. The van der Waals surface area contributed by atoms with Gasteiger partial charge in [-0.2, -0.15) is 0 Å². The van der Waals surface area contributed by atoms with Crippen LogP contribution >= 0.6 is 0 Å². The predicted octanol–water partition coefficient (Wildman–Crippen LogP) is 1.84. The summed E-state index contributed by atoms with van der Waals surface area (Å²) in [4.78, 5) is 14.1. The fraction of sp³-hybridized carbons (Fsp3) is 0.625. The molecular formula is C8H13N3O2. The van der Waals surface area contributed by atoms with E-state index in [0.717, 1.165) is 12.2 Å². The molecule has 0 N–H and O–H groups in total. The largest absolute Gasteiger partial charge is 0.358 e. The Kier molecular flexibility index (Phi) is 2.65. The third kappa shape index (κ3) is 1.68. The quantitative estimate of drug-likeness (QED) is 0.530. The van der Waals surface area contributed by atoms with E-state index in [1.807, 2.05) is 13.8 Å². The van der Waals surface area contributed by atoms with E-state index in [2.05, 4.69) is 4.98 Å². The smallest absolute Gasteiger partial charge is 0.342 e. The molecule has 0 bridgehead atoms. The summed E-state index contributed by atoms with van der Waals surface area (Å²) in [5.41, 5.74) is 0. The van der Waals surface area contributed by atoms with E-state index in [1.54, 1.807) is 7.05 Å². The number of hydrogen-bond donors (Lipinski definition) is 0. The van der Waals surface area contributed by atoms with Gasteiger partial charge in [-0.15, -0.1) is 0 Å². The van der Waals surface area contributed by atoms with Crippen LogP contribution in [0.5, 0.6) is 0 Å². The van der Waals surface area contributed by atoms with E-state index >= 15 is 0 Å². The second-order valence-corrected chi connectivity index (χ2v) is 3.10. The molecule has 0 aliphatic heterocycles. The molecular weight excluding hydrogens is 170 g/mol. The highest BCUT2D eigenvalue weighted by Gasteiger charge is 2.19. The van der Waals surface area contributed by atoms with Gasteiger partial charge >= 0.3 is 5.82 Å². The zero-order valence-electron chi connectivity index (χ0n) is 8.02. The molecule has 0 saturated carbocycles. The van der Waals surface area contributed by atoms with E-state index in [4.69, 9.17) is 0 Å². The van der Waals surface area contributed by atoms with Crippen LogP contribution in [0, 0.1) is 10.1 Å². The topological polar surface area (TPSA) is 61.0 Å². The van der Waals surface area contributed by atoms with Crippen molar-refractivity contribution < 1.29 is 4.92 Å². The number of hydrogen-bond acceptors (Lipinski definition) is 3. The first-order valence-electron chi connectivity index (χ1n) is 4.24. The number of aromatic nitrogens is 2. The fourth-order valence-corrected chi connectivity index (χ4v) is 1.22. The lowest BCUT2D eigenvalue weighted by molar-refractivity contribution is -0.391. The molecule has 1 atom stereocenters. The molecule has 1 heterocycles. The van der Waals surface area contributed by atoms with Crippen molar-refractivity contribution in [1.29, 1.82) is 0 Å². The summed E-state index contributed by atoms with van der Waals surface area (Å²) in [6.07, 6.45) is 2.24. The van der Waals surface area contributed by atoms with Gasteiger partial charge in [-0.05, 0) is 11.3 Å². The summed E-state index contributed by atoms with van der Waals surface area (Å²) in [5.74, 6) is 1.09. The van der Waals surface area contributed by atoms with Crippen molar-refractivity contribution in [2.24, 2.45) is 7.05 Å². The summed E-state index contributed by atoms with van der Waals surface area (Å²) < 4.78 is 1.54. The van der Waals surface area contributed by atoms with Gasteiger partial charge < -0.3 is 10.1 Å². The Balaban J connectivity index is 3.06. The van der Waals surface area contributed by atoms with Crippen LogP contribution in [0.25, 0.3) is 0 Å². The van der Waals surface area contributed by atoms with Crippen molar-refractivity contribution in [3.05, 3.63) is 22.1 Å². The molecule has 0 radical (unpaired) electrons. The minimum Gasteiger partial charge on any atom is -0.358 e. The molecule has 13 heavy (non-hydrogen) atoms. The lowest BCUT2D eigenvalue weighted by Crippen LogP contribution is -2.04. The van der Waals surface area contributed by atoms with Gasteiger partial charge in [0.05, 0.1) is 7.05 Å². The van der Waals surface area contributed by atoms with Crippen LogP contribution in [-0.4, -0.2) is 14.5 Å². The van der Waals surface area contributed by atoms with E-state index in [-0.39, 0.29) is 11.7 Å². The maximum absolute atomic E-state index is 10.5. The van der Waals surface area contributed by atoms with Gasteiger partial charge in [-0.3, -0.25) is 0 Å². The van der Waals surface area contributed by atoms with Crippen LogP contribution in [0.4, 0.5) is 5.82 Å². The molecule has 0 amide bonds. The second-order valence-electron chi connectivity index (χ2n) is 3.10. The van der Waals surface area contributed by atoms with Gasteiger partial charge in [0.15, 0.2) is 5.82 Å². The molecule has 1 rings (SSSR count). The van der Waals surface area contributed by atoms with Crippen LogP contribution in [0.1, 0.15) is 32.0 Å². The third-order valence-electron chi connectivity index (χ3n) is 2.24. The molecule has 5 heteroatoms. The number of nitrogens with zero attached hydrogens (tertiary/aromatic N) is 3. The molecule has 0 aromatic carbocycles. The van der Waals surface area contributed by atoms with E-state index in [1.165, 1.54) is 10.8 Å². The average Bonchev–Trinajstić information content (AvgIpc) is 2.46. The van der Waals surface area contributed by atoms with Crippen LogP contribution in [-0.2, 0) is 7.05 Å². The number of rotatable bonds is 3. The maximum Gasteiger partial charge on any atom is 0.342 e. The fourth-order valence-electron chi connectivity index (χ4n) is 1.22. The number of nitro groups is 1. The van der Waals surface area contributed by atoms with Crippen molar-refractivity contribution in [3.8, 4) is 0 Å². The van der Waals surface area contributed by atoms with E-state index < -0.39 is 4.92 Å². The van der Waals surface area contributed by atoms with Crippen molar-refractivity contribution in [1.82, 2.24) is 9.55 Å². The van der Waals surface area contributed by atoms with Gasteiger partial charge in [0.25, 0.3) is 0 Å². The molecule has 72 valence electrons. The van der Waals surface area contributed by atoms with Crippen LogP contribution in [0.3, 0.4) is 0 Å². The minimum absolute atomic E-state index is 0.0512. The van der Waals surface area contributed by atoms with Crippen LogP contribution in [0.2, 0.25) is 0 Å². The summed E-state index contributed by atoms with van der Waals surface area (Å²) in [6.45, 7) is 4.04. The second kappa shape index (κ2) is 3.55. The zero-order valence-corrected chi connectivity index (χ0v) is 8.02. The van der Waals surface area contributed by atoms with Gasteiger partial charge in [0.1, 0.15) is 6.20 Å². The van der Waals surface area contributed by atoms with Crippen LogP contribution in [0.15, 0.2) is 6.20 Å². The highest BCUT2D eigenvalue weighted by molar-refractivity contribution is 5.20. The molecule has 0 saturated heterocycles. The maximum atomic E-state index is 10.5. The highest BCUT2D eigenvalue weighted by atomic mass is 16.6. The van der Waals surface area contributed by atoms with Crippen molar-refractivity contribution in [2.75, 3.05) is 0 Å². The normalized spacial score (nSPS) is 12.8. The van der Waals surface area contributed by atoms with Crippen molar-refractivity contribution >= 4 is 5.82 Å². The van der Waals surface area contributed by atoms with Crippen molar-refractivity contribution in [3.63, 3.8) is 0 Å². The molecule has 1 unspecified atom stereocenters. The summed E-state index contributed by atoms with van der Waals surface area (Å²) in [6, 6.07) is 0. The molecule has 5 nitrogen and oxygen atoms in total. The average molecular weight is 183 g/mol. The van der Waals surface area contributed by atoms with Gasteiger partial charge in [0.2, 0.25) is 0 Å². The third-order valence-corrected chi connectivity index (χ3v) is 2.24. The predicted molar refractivity (Wildman–Crippen MR) is 48.6 cm³/mol. The molecule has 0 aliphatic carbocycles. The molecule has 1 aromatic heterocycles. The SMILES string of the molecule is CCC(C)c1ncc([N+](=O)[O-])n1C. The summed E-state index contributed by atoms with van der Waals surface area (Å²) in [7, 11) is 1.67.